The Morgan fingerprint density at radius 1 is 0.647 bits per heavy atom. The highest BCUT2D eigenvalue weighted by atomic mass is 14.1. The van der Waals surface area contributed by atoms with Gasteiger partial charge < -0.3 is 0 Å². The Hall–Kier alpha value is -3.12. The number of allylic oxidation sites excluding steroid dienone is 4. The van der Waals surface area contributed by atoms with Gasteiger partial charge in [0.05, 0.1) is 0 Å². The molecule has 0 aliphatic rings. The summed E-state index contributed by atoms with van der Waals surface area (Å²) in [6, 6.07) is 27.6. The van der Waals surface area contributed by atoms with Gasteiger partial charge in [0.25, 0.3) is 0 Å². The first kappa shape index (κ1) is 30.9. The van der Waals surface area contributed by atoms with Crippen LogP contribution in [-0.2, 0) is 0 Å². The number of hydrogen-bond donors (Lipinski definition) is 0. The van der Waals surface area contributed by atoms with Crippen molar-refractivity contribution < 1.29 is 0 Å². The molecule has 0 heterocycles. The summed E-state index contributed by atoms with van der Waals surface area (Å²) >= 11 is 0. The largest absolute Gasteiger partial charge is 0.0990 e. The predicted octanol–water partition coefficient (Wildman–Crippen LogP) is 11.4. The molecule has 0 aliphatic heterocycles. The van der Waals surface area contributed by atoms with Crippen molar-refractivity contribution in [3.05, 3.63) is 116 Å². The van der Waals surface area contributed by atoms with Crippen molar-refractivity contribution in [3.8, 4) is 22.3 Å². The lowest BCUT2D eigenvalue weighted by atomic mass is 9.93. The number of hydrogen-bond acceptors (Lipinski definition) is 0. The van der Waals surface area contributed by atoms with Gasteiger partial charge in [-0.25, -0.2) is 0 Å². The topological polar surface area (TPSA) is 0 Å². The lowest BCUT2D eigenvalue weighted by Crippen LogP contribution is -1.88. The third kappa shape index (κ3) is 11.7. The van der Waals surface area contributed by atoms with Crippen LogP contribution in [-0.4, -0.2) is 0 Å². The lowest BCUT2D eigenvalue weighted by Gasteiger charge is -2.11. The highest BCUT2D eigenvalue weighted by Crippen LogP contribution is 2.31. The number of rotatable bonds is 7. The van der Waals surface area contributed by atoms with E-state index in [4.69, 9.17) is 0 Å². The maximum Gasteiger partial charge on any atom is -0.0172 e. The summed E-state index contributed by atoms with van der Waals surface area (Å²) in [7, 11) is 0. The second kappa shape index (κ2) is 20.5. The SMILES string of the molecule is C=C/C=C(\C=C)c1cc(-c2ccccc2)cc(-c2ccccc2)c1.CC.CCC.CCCCC. The van der Waals surface area contributed by atoms with Crippen molar-refractivity contribution in [1.29, 1.82) is 0 Å². The van der Waals surface area contributed by atoms with Crippen molar-refractivity contribution in [2.45, 2.75) is 67.2 Å². The van der Waals surface area contributed by atoms with Crippen LogP contribution in [0.5, 0.6) is 0 Å². The van der Waals surface area contributed by atoms with Crippen LogP contribution in [0.3, 0.4) is 0 Å². The molecule has 0 radical (unpaired) electrons. The molecule has 0 aromatic heterocycles. The molecule has 34 heavy (non-hydrogen) atoms. The van der Waals surface area contributed by atoms with E-state index in [1.807, 2.05) is 38.1 Å². The van der Waals surface area contributed by atoms with E-state index in [1.54, 1.807) is 6.08 Å². The van der Waals surface area contributed by atoms with Gasteiger partial charge in [-0.3, -0.25) is 0 Å². The Labute approximate surface area is 210 Å². The van der Waals surface area contributed by atoms with Gasteiger partial charge in [-0.1, -0.05) is 159 Å². The lowest BCUT2D eigenvalue weighted by molar-refractivity contribution is 0.772. The van der Waals surface area contributed by atoms with Crippen LogP contribution in [0, 0.1) is 0 Å². The third-order valence-electron chi connectivity index (χ3n) is 4.71. The van der Waals surface area contributed by atoms with Crippen LogP contribution < -0.4 is 0 Å². The van der Waals surface area contributed by atoms with Crippen LogP contribution in [0.15, 0.2) is 110 Å². The standard InChI is InChI=1S/C24H20.C5H12.C3H8.C2H6/c1-3-11-19(4-2)22-16-23(20-12-7-5-8-13-20)18-24(17-22)21-14-9-6-10-15-21;1-3-5-4-2;1-3-2;1-2/h3-18H,1-2H2;3-5H2,1-2H3;3H2,1-2H3;1-2H3/b19-11+;;;. The first-order valence-electron chi connectivity index (χ1n) is 12.9. The minimum Gasteiger partial charge on any atom is -0.0990 e. The van der Waals surface area contributed by atoms with E-state index in [1.165, 1.54) is 47.9 Å². The monoisotopic (exact) mass is 454 g/mol. The zero-order valence-electron chi connectivity index (χ0n) is 22.5. The van der Waals surface area contributed by atoms with Gasteiger partial charge in [-0.15, -0.1) is 0 Å². The van der Waals surface area contributed by atoms with Crippen LogP contribution in [0.4, 0.5) is 0 Å². The van der Waals surface area contributed by atoms with Gasteiger partial charge in [0.2, 0.25) is 0 Å². The van der Waals surface area contributed by atoms with E-state index >= 15 is 0 Å². The highest BCUT2D eigenvalue weighted by molar-refractivity contribution is 5.83. The molecule has 0 amide bonds. The van der Waals surface area contributed by atoms with Crippen LogP contribution in [0.1, 0.15) is 72.8 Å². The first-order valence-corrected chi connectivity index (χ1v) is 12.9. The van der Waals surface area contributed by atoms with Crippen molar-refractivity contribution in [1.82, 2.24) is 0 Å². The molecular formula is C34H46. The second-order valence-corrected chi connectivity index (χ2v) is 7.65. The summed E-state index contributed by atoms with van der Waals surface area (Å²) in [5.74, 6) is 0. The molecule has 0 fully saturated rings. The number of benzene rings is 3. The zero-order chi connectivity index (χ0) is 25.6. The smallest absolute Gasteiger partial charge is 0.0172 e. The van der Waals surface area contributed by atoms with E-state index in [2.05, 4.69) is 108 Å². The van der Waals surface area contributed by atoms with Gasteiger partial charge in [0.1, 0.15) is 0 Å². The molecule has 0 atom stereocenters. The van der Waals surface area contributed by atoms with E-state index in [-0.39, 0.29) is 0 Å². The summed E-state index contributed by atoms with van der Waals surface area (Å²) in [6.45, 7) is 20.4. The average Bonchev–Trinajstić information content (AvgIpc) is 2.90. The van der Waals surface area contributed by atoms with Crippen molar-refractivity contribution in [3.63, 3.8) is 0 Å². The minimum atomic E-state index is 1.07. The van der Waals surface area contributed by atoms with Crippen LogP contribution in [0.25, 0.3) is 27.8 Å². The molecule has 0 unspecified atom stereocenters. The van der Waals surface area contributed by atoms with Gasteiger partial charge in [0.15, 0.2) is 0 Å². The highest BCUT2D eigenvalue weighted by Gasteiger charge is 2.07. The summed E-state index contributed by atoms with van der Waals surface area (Å²) in [6.07, 6.45) is 11.0. The van der Waals surface area contributed by atoms with Crippen molar-refractivity contribution in [2.75, 3.05) is 0 Å². The van der Waals surface area contributed by atoms with Gasteiger partial charge in [0, 0.05) is 0 Å². The van der Waals surface area contributed by atoms with Gasteiger partial charge in [-0.2, -0.15) is 0 Å². The average molecular weight is 455 g/mol. The second-order valence-electron chi connectivity index (χ2n) is 7.65. The van der Waals surface area contributed by atoms with Crippen molar-refractivity contribution >= 4 is 5.57 Å². The predicted molar refractivity (Wildman–Crippen MR) is 158 cm³/mol. The summed E-state index contributed by atoms with van der Waals surface area (Å²) in [4.78, 5) is 0. The Morgan fingerprint density at radius 3 is 1.35 bits per heavy atom. The minimum absolute atomic E-state index is 1.07. The summed E-state index contributed by atoms with van der Waals surface area (Å²) < 4.78 is 0. The van der Waals surface area contributed by atoms with E-state index in [0.717, 1.165) is 11.1 Å². The fourth-order valence-electron chi connectivity index (χ4n) is 3.15. The van der Waals surface area contributed by atoms with E-state index in [9.17, 15) is 0 Å². The third-order valence-corrected chi connectivity index (χ3v) is 4.71. The first-order chi connectivity index (χ1) is 16.6. The fraction of sp³-hybridized carbons (Fsp3) is 0.294. The summed E-state index contributed by atoms with van der Waals surface area (Å²) in [5, 5.41) is 0. The Bertz CT molecular complexity index is 871. The van der Waals surface area contributed by atoms with Crippen molar-refractivity contribution in [2.24, 2.45) is 0 Å². The zero-order valence-corrected chi connectivity index (χ0v) is 22.5. The molecule has 3 rings (SSSR count). The molecule has 0 bridgehead atoms. The molecule has 0 saturated carbocycles. The molecule has 0 heteroatoms. The fourth-order valence-corrected chi connectivity index (χ4v) is 3.15. The molecule has 0 aliphatic carbocycles. The quantitative estimate of drug-likeness (QED) is 0.311. The maximum atomic E-state index is 3.94. The molecule has 0 saturated heterocycles. The van der Waals surface area contributed by atoms with Gasteiger partial charge >= 0.3 is 0 Å². The molecule has 3 aromatic rings. The molecule has 0 spiro atoms. The Balaban J connectivity index is 0.000000935. The summed E-state index contributed by atoms with van der Waals surface area (Å²) in [5.41, 5.74) is 7.02. The molecular weight excluding hydrogens is 408 g/mol. The molecule has 3 aromatic carbocycles. The maximum absolute atomic E-state index is 3.94. The Morgan fingerprint density at radius 2 is 1.06 bits per heavy atom. The molecule has 182 valence electrons. The van der Waals surface area contributed by atoms with E-state index < -0.39 is 0 Å². The van der Waals surface area contributed by atoms with E-state index in [0.29, 0.717) is 0 Å². The molecule has 0 N–H and O–H groups in total. The van der Waals surface area contributed by atoms with Crippen LogP contribution >= 0.6 is 0 Å². The van der Waals surface area contributed by atoms with Gasteiger partial charge in [-0.05, 0) is 51.6 Å². The Kier molecular flexibility index (Phi) is 18.6. The molecule has 0 nitrogen and oxygen atoms in total. The normalized spacial score (nSPS) is 9.76. The number of unbranched alkanes of at least 4 members (excludes halogenated alkanes) is 2. The van der Waals surface area contributed by atoms with Crippen LogP contribution in [0.2, 0.25) is 0 Å².